The molecule has 0 fully saturated rings. The molecular weight excluding hydrogens is 216 g/mol. The van der Waals surface area contributed by atoms with E-state index < -0.39 is 0 Å². The summed E-state index contributed by atoms with van der Waals surface area (Å²) in [5.41, 5.74) is 0.895. The van der Waals surface area contributed by atoms with Crippen LogP contribution in [0.3, 0.4) is 0 Å². The summed E-state index contributed by atoms with van der Waals surface area (Å²) < 4.78 is 6.72. The number of halogens is 1. The number of nitrogens with zero attached hydrogens (tertiary/aromatic N) is 4. The second kappa shape index (κ2) is 3.86. The quantitative estimate of drug-likeness (QED) is 0.728. The predicted octanol–water partition coefficient (Wildman–Crippen LogP) is 1.63. The van der Waals surface area contributed by atoms with Crippen LogP contribution >= 0.6 is 11.6 Å². The molecule has 0 aliphatic rings. The summed E-state index contributed by atoms with van der Waals surface area (Å²) in [5, 5.41) is 4.49. The SMILES string of the molecule is COc1c(Cl)ncnc1-n1ccc(C)n1. The van der Waals surface area contributed by atoms with Crippen molar-refractivity contribution >= 4 is 11.6 Å². The third-order valence-electron chi connectivity index (χ3n) is 1.89. The molecule has 0 radical (unpaired) electrons. The molecule has 0 bridgehead atoms. The Morgan fingerprint density at radius 3 is 2.80 bits per heavy atom. The van der Waals surface area contributed by atoms with Gasteiger partial charge in [-0.25, -0.2) is 14.6 Å². The Hall–Kier alpha value is -1.62. The van der Waals surface area contributed by atoms with Crippen LogP contribution in [0.15, 0.2) is 18.6 Å². The van der Waals surface area contributed by atoms with Gasteiger partial charge in [0.1, 0.15) is 6.33 Å². The van der Waals surface area contributed by atoms with E-state index >= 15 is 0 Å². The van der Waals surface area contributed by atoms with E-state index in [4.69, 9.17) is 16.3 Å². The lowest BCUT2D eigenvalue weighted by molar-refractivity contribution is 0.407. The van der Waals surface area contributed by atoms with Crippen LogP contribution in [0.25, 0.3) is 5.82 Å². The highest BCUT2D eigenvalue weighted by molar-refractivity contribution is 6.31. The van der Waals surface area contributed by atoms with E-state index in [0.717, 1.165) is 5.69 Å². The monoisotopic (exact) mass is 224 g/mol. The van der Waals surface area contributed by atoms with Crippen LogP contribution in [0.1, 0.15) is 5.69 Å². The Morgan fingerprint density at radius 2 is 2.20 bits per heavy atom. The molecule has 0 saturated carbocycles. The summed E-state index contributed by atoms with van der Waals surface area (Å²) in [6, 6.07) is 1.87. The van der Waals surface area contributed by atoms with Gasteiger partial charge in [0.15, 0.2) is 5.15 Å². The average molecular weight is 225 g/mol. The van der Waals surface area contributed by atoms with E-state index in [-0.39, 0.29) is 5.15 Å². The lowest BCUT2D eigenvalue weighted by Gasteiger charge is -2.07. The second-order valence-electron chi connectivity index (χ2n) is 2.92. The highest BCUT2D eigenvalue weighted by Gasteiger charge is 2.12. The Morgan fingerprint density at radius 1 is 1.40 bits per heavy atom. The number of hydrogen-bond acceptors (Lipinski definition) is 4. The number of rotatable bonds is 2. The lowest BCUT2D eigenvalue weighted by Crippen LogP contribution is -2.03. The number of aromatic nitrogens is 4. The number of hydrogen-bond donors (Lipinski definition) is 0. The van der Waals surface area contributed by atoms with E-state index in [9.17, 15) is 0 Å². The van der Waals surface area contributed by atoms with Crippen LogP contribution in [0.5, 0.6) is 5.75 Å². The molecule has 78 valence electrons. The van der Waals surface area contributed by atoms with Gasteiger partial charge in [0.2, 0.25) is 11.6 Å². The Balaban J connectivity index is 2.57. The molecule has 5 nitrogen and oxygen atoms in total. The minimum atomic E-state index is 0.274. The van der Waals surface area contributed by atoms with Gasteiger partial charge in [0.25, 0.3) is 0 Å². The van der Waals surface area contributed by atoms with Crippen LogP contribution in [0.2, 0.25) is 5.15 Å². The van der Waals surface area contributed by atoms with Gasteiger partial charge in [0, 0.05) is 6.20 Å². The molecule has 6 heteroatoms. The number of ether oxygens (including phenoxy) is 1. The molecule has 0 atom stereocenters. The van der Waals surface area contributed by atoms with Gasteiger partial charge in [-0.1, -0.05) is 11.6 Å². The third kappa shape index (κ3) is 1.78. The molecule has 0 aliphatic carbocycles. The third-order valence-corrected chi connectivity index (χ3v) is 2.15. The molecule has 0 aromatic carbocycles. The maximum atomic E-state index is 5.87. The zero-order chi connectivity index (χ0) is 10.8. The zero-order valence-electron chi connectivity index (χ0n) is 8.31. The van der Waals surface area contributed by atoms with E-state index in [1.165, 1.54) is 13.4 Å². The number of aryl methyl sites for hydroxylation is 1. The summed E-state index contributed by atoms with van der Waals surface area (Å²) in [5.74, 6) is 0.952. The topological polar surface area (TPSA) is 52.8 Å². The molecule has 0 aliphatic heterocycles. The van der Waals surface area contributed by atoms with Gasteiger partial charge in [-0.15, -0.1) is 0 Å². The average Bonchev–Trinajstić information content (AvgIpc) is 2.64. The van der Waals surface area contributed by atoms with Crippen molar-refractivity contribution in [3.63, 3.8) is 0 Å². The largest absolute Gasteiger partial charge is 0.490 e. The highest BCUT2D eigenvalue weighted by atomic mass is 35.5. The van der Waals surface area contributed by atoms with E-state index in [0.29, 0.717) is 11.6 Å². The van der Waals surface area contributed by atoms with Crippen molar-refractivity contribution in [3.8, 4) is 11.6 Å². The van der Waals surface area contributed by atoms with Gasteiger partial charge in [-0.3, -0.25) is 0 Å². The van der Waals surface area contributed by atoms with Crippen LogP contribution in [0, 0.1) is 6.92 Å². The molecule has 0 spiro atoms. The first-order chi connectivity index (χ1) is 7.22. The summed E-state index contributed by atoms with van der Waals surface area (Å²) in [4.78, 5) is 7.90. The van der Waals surface area contributed by atoms with Crippen molar-refractivity contribution < 1.29 is 4.74 Å². The van der Waals surface area contributed by atoms with E-state index in [1.807, 2.05) is 13.0 Å². The molecule has 15 heavy (non-hydrogen) atoms. The standard InChI is InChI=1S/C9H9ClN4O/c1-6-3-4-14(13-6)9-7(15-2)8(10)11-5-12-9/h3-5H,1-2H3. The first-order valence-electron chi connectivity index (χ1n) is 4.29. The van der Waals surface area contributed by atoms with Crippen LogP contribution in [0.4, 0.5) is 0 Å². The maximum Gasteiger partial charge on any atom is 0.201 e. The van der Waals surface area contributed by atoms with E-state index in [1.54, 1.807) is 10.9 Å². The van der Waals surface area contributed by atoms with Gasteiger partial charge in [0.05, 0.1) is 12.8 Å². The van der Waals surface area contributed by atoms with Crippen molar-refractivity contribution in [2.24, 2.45) is 0 Å². The van der Waals surface area contributed by atoms with Crippen molar-refractivity contribution in [2.45, 2.75) is 6.92 Å². The molecular formula is C9H9ClN4O. The Kier molecular flexibility index (Phi) is 2.55. The molecule has 0 N–H and O–H groups in total. The predicted molar refractivity (Wildman–Crippen MR) is 55.5 cm³/mol. The molecule has 2 aromatic heterocycles. The normalized spacial score (nSPS) is 10.3. The molecule has 2 aromatic rings. The first-order valence-corrected chi connectivity index (χ1v) is 4.67. The van der Waals surface area contributed by atoms with Gasteiger partial charge >= 0.3 is 0 Å². The van der Waals surface area contributed by atoms with Gasteiger partial charge in [-0.2, -0.15) is 5.10 Å². The van der Waals surface area contributed by atoms with Crippen molar-refractivity contribution in [1.82, 2.24) is 19.7 Å². The summed E-state index contributed by atoms with van der Waals surface area (Å²) in [6.07, 6.45) is 3.16. The fourth-order valence-corrected chi connectivity index (χ4v) is 1.42. The minimum Gasteiger partial charge on any atom is -0.490 e. The fraction of sp³-hybridized carbons (Fsp3) is 0.222. The smallest absolute Gasteiger partial charge is 0.201 e. The second-order valence-corrected chi connectivity index (χ2v) is 3.28. The molecule has 2 heterocycles. The lowest BCUT2D eigenvalue weighted by atomic mass is 10.5. The fourth-order valence-electron chi connectivity index (χ4n) is 1.22. The molecule has 0 amide bonds. The summed E-state index contributed by atoms with van der Waals surface area (Å²) >= 11 is 5.87. The Bertz CT molecular complexity index is 483. The van der Waals surface area contributed by atoms with Crippen LogP contribution in [-0.2, 0) is 0 Å². The van der Waals surface area contributed by atoms with E-state index in [2.05, 4.69) is 15.1 Å². The number of methoxy groups -OCH3 is 1. The maximum absolute atomic E-state index is 5.87. The van der Waals surface area contributed by atoms with Crippen molar-refractivity contribution in [3.05, 3.63) is 29.4 Å². The molecule has 0 saturated heterocycles. The first kappa shape index (κ1) is 9.92. The van der Waals surface area contributed by atoms with Crippen molar-refractivity contribution in [1.29, 1.82) is 0 Å². The zero-order valence-corrected chi connectivity index (χ0v) is 9.06. The van der Waals surface area contributed by atoms with Crippen LogP contribution < -0.4 is 4.74 Å². The Labute approximate surface area is 91.7 Å². The highest BCUT2D eigenvalue weighted by Crippen LogP contribution is 2.26. The van der Waals surface area contributed by atoms with Gasteiger partial charge in [-0.05, 0) is 13.0 Å². The van der Waals surface area contributed by atoms with Crippen LogP contribution in [-0.4, -0.2) is 26.9 Å². The molecule has 0 unspecified atom stereocenters. The minimum absolute atomic E-state index is 0.274. The van der Waals surface area contributed by atoms with Crippen molar-refractivity contribution in [2.75, 3.05) is 7.11 Å². The summed E-state index contributed by atoms with van der Waals surface area (Å²) in [6.45, 7) is 1.89. The van der Waals surface area contributed by atoms with Gasteiger partial charge < -0.3 is 4.74 Å². The molecule has 2 rings (SSSR count). The summed E-state index contributed by atoms with van der Waals surface area (Å²) in [7, 11) is 1.52.